The number of hydrogen-bond acceptors (Lipinski definition) is 2. The maximum atomic E-state index is 9.86. The van der Waals surface area contributed by atoms with Gasteiger partial charge in [0.15, 0.2) is 6.20 Å². The number of aromatic nitrogens is 1. The molecule has 0 bridgehead atoms. The third-order valence-electron chi connectivity index (χ3n) is 6.27. The van der Waals surface area contributed by atoms with Gasteiger partial charge in [-0.15, -0.1) is 0 Å². The van der Waals surface area contributed by atoms with E-state index >= 15 is 0 Å². The summed E-state index contributed by atoms with van der Waals surface area (Å²) < 4.78 is 41.5. The average molecular weight is 436 g/mol. The second-order valence-electron chi connectivity index (χ2n) is 8.68. The van der Waals surface area contributed by atoms with Crippen molar-refractivity contribution in [3.63, 3.8) is 0 Å². The molecule has 3 nitrogen and oxygen atoms in total. The van der Waals surface area contributed by atoms with Crippen LogP contribution in [0.2, 0.25) is 0 Å². The van der Waals surface area contributed by atoms with Gasteiger partial charge >= 0.3 is 0 Å². The highest BCUT2D eigenvalue weighted by Gasteiger charge is 2.24. The van der Waals surface area contributed by atoms with E-state index in [0.29, 0.717) is 28.0 Å². The van der Waals surface area contributed by atoms with E-state index in [1.807, 2.05) is 73.1 Å². The van der Waals surface area contributed by atoms with Crippen LogP contribution >= 0.6 is 0 Å². The van der Waals surface area contributed by atoms with Crippen molar-refractivity contribution >= 4 is 21.9 Å². The molecule has 0 atom stereocenters. The standard InChI is InChI=1S/C30H27N2O/c1-18(2)25-17-32(5)26(15-20(25)4)27-19(3)11-13-23-24-14-12-22(16-31)28(30(24)33-29(23)27)21-9-7-6-8-10-21/h6-15,17-18H,1-5H3/q+1/i4D3,18D. The molecule has 0 aliphatic rings. The highest BCUT2D eigenvalue weighted by molar-refractivity contribution is 6.14. The van der Waals surface area contributed by atoms with E-state index in [1.165, 1.54) is 0 Å². The van der Waals surface area contributed by atoms with Crippen LogP contribution < -0.4 is 4.57 Å². The molecule has 0 fully saturated rings. The van der Waals surface area contributed by atoms with Crippen molar-refractivity contribution in [2.75, 3.05) is 0 Å². The third kappa shape index (κ3) is 3.31. The van der Waals surface area contributed by atoms with E-state index in [2.05, 4.69) is 6.07 Å². The number of benzene rings is 3. The molecule has 0 amide bonds. The Morgan fingerprint density at radius 1 is 0.970 bits per heavy atom. The van der Waals surface area contributed by atoms with Gasteiger partial charge in [0.25, 0.3) is 0 Å². The summed E-state index contributed by atoms with van der Waals surface area (Å²) in [5, 5.41) is 11.6. The Kier molecular flexibility index (Phi) is 4.00. The first kappa shape index (κ1) is 16.7. The minimum Gasteiger partial charge on any atom is -0.454 e. The summed E-state index contributed by atoms with van der Waals surface area (Å²) in [7, 11) is 1.86. The van der Waals surface area contributed by atoms with Crippen LogP contribution in [0.1, 0.15) is 47.5 Å². The predicted octanol–water partition coefficient (Wildman–Crippen LogP) is 7.36. The molecule has 2 heterocycles. The highest BCUT2D eigenvalue weighted by atomic mass is 16.3. The summed E-state index contributed by atoms with van der Waals surface area (Å²) in [6.07, 6.45) is 1.74. The van der Waals surface area contributed by atoms with Gasteiger partial charge in [0.1, 0.15) is 18.2 Å². The molecule has 0 radical (unpaired) electrons. The fourth-order valence-electron chi connectivity index (χ4n) is 4.60. The summed E-state index contributed by atoms with van der Waals surface area (Å²) >= 11 is 0. The molecule has 0 saturated carbocycles. The Balaban J connectivity index is 1.89. The molecule has 0 aliphatic carbocycles. The van der Waals surface area contributed by atoms with Gasteiger partial charge in [-0.05, 0) is 48.5 Å². The first-order chi connectivity index (χ1) is 17.4. The maximum Gasteiger partial charge on any atom is 0.216 e. The predicted molar refractivity (Wildman–Crippen MR) is 134 cm³/mol. The molecular formula is C30H27N2O+. The minimum atomic E-state index is -2.38. The van der Waals surface area contributed by atoms with E-state index in [0.717, 1.165) is 33.0 Å². The van der Waals surface area contributed by atoms with Gasteiger partial charge in [0, 0.05) is 33.4 Å². The smallest absolute Gasteiger partial charge is 0.216 e. The van der Waals surface area contributed by atoms with Crippen LogP contribution in [0.15, 0.2) is 71.3 Å². The van der Waals surface area contributed by atoms with Gasteiger partial charge in [-0.3, -0.25) is 0 Å². The van der Waals surface area contributed by atoms with E-state index < -0.39 is 12.7 Å². The van der Waals surface area contributed by atoms with Crippen LogP contribution in [-0.2, 0) is 7.05 Å². The van der Waals surface area contributed by atoms with Crippen molar-refractivity contribution in [1.82, 2.24) is 0 Å². The van der Waals surface area contributed by atoms with Crippen LogP contribution in [0.25, 0.3) is 44.3 Å². The number of fused-ring (bicyclic) bond motifs is 3. The van der Waals surface area contributed by atoms with Gasteiger partial charge in [-0.25, -0.2) is 4.57 Å². The lowest BCUT2D eigenvalue weighted by molar-refractivity contribution is -0.660. The van der Waals surface area contributed by atoms with Crippen molar-refractivity contribution in [3.05, 3.63) is 89.1 Å². The van der Waals surface area contributed by atoms with Crippen molar-refractivity contribution in [1.29, 1.82) is 5.26 Å². The summed E-state index contributed by atoms with van der Waals surface area (Å²) in [5.41, 5.74) is 6.41. The molecule has 0 aliphatic heterocycles. The zero-order valence-corrected chi connectivity index (χ0v) is 19.2. The third-order valence-corrected chi connectivity index (χ3v) is 6.27. The molecule has 0 N–H and O–H groups in total. The molecule has 0 unspecified atom stereocenters. The largest absolute Gasteiger partial charge is 0.454 e. The van der Waals surface area contributed by atoms with E-state index in [-0.39, 0.29) is 5.56 Å². The molecule has 5 rings (SSSR count). The summed E-state index contributed by atoms with van der Waals surface area (Å²) in [4.78, 5) is 0. The molecule has 0 saturated heterocycles. The van der Waals surface area contributed by atoms with Gasteiger partial charge in [-0.2, -0.15) is 5.26 Å². The average Bonchev–Trinajstić information content (AvgIpc) is 3.21. The number of aryl methyl sites for hydroxylation is 3. The lowest BCUT2D eigenvalue weighted by atomic mass is 9.95. The van der Waals surface area contributed by atoms with Gasteiger partial charge in [0.2, 0.25) is 5.69 Å². The number of rotatable bonds is 3. The van der Waals surface area contributed by atoms with Gasteiger partial charge in [0.05, 0.1) is 17.2 Å². The Bertz CT molecular complexity index is 1720. The fourth-order valence-corrected chi connectivity index (χ4v) is 4.60. The van der Waals surface area contributed by atoms with Gasteiger partial charge < -0.3 is 4.42 Å². The van der Waals surface area contributed by atoms with Crippen LogP contribution in [0, 0.1) is 25.1 Å². The molecule has 2 aromatic heterocycles. The van der Waals surface area contributed by atoms with Crippen molar-refractivity contribution in [2.24, 2.45) is 7.05 Å². The molecule has 5 aromatic rings. The summed E-state index contributed by atoms with van der Waals surface area (Å²) in [5.74, 6) is -1.08. The Labute approximate surface area is 200 Å². The quantitative estimate of drug-likeness (QED) is 0.278. The van der Waals surface area contributed by atoms with E-state index in [9.17, 15) is 5.26 Å². The SMILES string of the molecule is [2H]C([2H])([2H])c1cc(-c2c(C)ccc3c2oc2c(-c4ccccc4)c(C#N)ccc23)[n+](C)cc1C([2H])(C)C. The maximum absolute atomic E-state index is 9.86. The second-order valence-corrected chi connectivity index (χ2v) is 8.68. The van der Waals surface area contributed by atoms with Crippen LogP contribution in [0.4, 0.5) is 0 Å². The fraction of sp³-hybridized carbons (Fsp3) is 0.200. The number of furan rings is 1. The topological polar surface area (TPSA) is 40.8 Å². The molecule has 0 spiro atoms. The first-order valence-corrected chi connectivity index (χ1v) is 10.9. The van der Waals surface area contributed by atoms with Crippen molar-refractivity contribution < 1.29 is 14.5 Å². The number of hydrogen-bond donors (Lipinski definition) is 0. The van der Waals surface area contributed by atoms with Crippen molar-refractivity contribution in [3.8, 4) is 28.5 Å². The second kappa shape index (κ2) is 7.90. The molecule has 33 heavy (non-hydrogen) atoms. The molecular weight excluding hydrogens is 404 g/mol. The number of pyridine rings is 1. The Morgan fingerprint density at radius 2 is 1.67 bits per heavy atom. The van der Waals surface area contributed by atoms with E-state index in [4.69, 9.17) is 9.90 Å². The zero-order valence-electron chi connectivity index (χ0n) is 23.2. The number of nitriles is 1. The van der Waals surface area contributed by atoms with E-state index in [1.54, 1.807) is 26.1 Å². The van der Waals surface area contributed by atoms with Gasteiger partial charge in [-0.1, -0.05) is 56.3 Å². The first-order valence-electron chi connectivity index (χ1n) is 12.9. The molecule has 3 heteroatoms. The highest BCUT2D eigenvalue weighted by Crippen LogP contribution is 2.42. The lowest BCUT2D eigenvalue weighted by Crippen LogP contribution is -2.32. The van der Waals surface area contributed by atoms with Crippen molar-refractivity contribution in [2.45, 2.75) is 33.5 Å². The van der Waals surface area contributed by atoms with Crippen LogP contribution in [0.3, 0.4) is 0 Å². The van der Waals surface area contributed by atoms with Crippen LogP contribution in [-0.4, -0.2) is 0 Å². The lowest BCUT2D eigenvalue weighted by Gasteiger charge is -2.11. The molecule has 3 aromatic carbocycles. The Morgan fingerprint density at radius 3 is 2.33 bits per heavy atom. The number of nitrogens with zero attached hydrogens (tertiary/aromatic N) is 2. The summed E-state index contributed by atoms with van der Waals surface area (Å²) in [6, 6.07) is 21.4. The van der Waals surface area contributed by atoms with Crippen LogP contribution in [0.5, 0.6) is 0 Å². The monoisotopic (exact) mass is 435 g/mol. The normalized spacial score (nSPS) is 13.9. The minimum absolute atomic E-state index is 0.157. The zero-order chi connectivity index (χ0) is 26.7. The Hall–Kier alpha value is -3.90. The summed E-state index contributed by atoms with van der Waals surface area (Å²) in [6.45, 7) is 2.98. The molecule has 162 valence electrons.